The molecule has 0 radical (unpaired) electrons. The molecule has 0 fully saturated rings. The van der Waals surface area contributed by atoms with Gasteiger partial charge in [-0.1, -0.05) is 23.4 Å². The highest BCUT2D eigenvalue weighted by atomic mass is 16.3. The highest BCUT2D eigenvalue weighted by Gasteiger charge is 2.35. The molecule has 3 aromatic heterocycles. The molecule has 1 atom stereocenters. The van der Waals surface area contributed by atoms with Crippen LogP contribution in [0.2, 0.25) is 0 Å². The van der Waals surface area contributed by atoms with E-state index in [9.17, 15) is 9.59 Å². The third-order valence-corrected chi connectivity index (χ3v) is 6.30. The normalized spacial score (nSPS) is 12.0. The molecule has 0 saturated heterocycles. The topological polar surface area (TPSA) is 106 Å². The number of benzene rings is 2. The molecule has 9 nitrogen and oxygen atoms in total. The highest BCUT2D eigenvalue weighted by Crippen LogP contribution is 2.31. The van der Waals surface area contributed by atoms with Crippen LogP contribution in [-0.2, 0) is 22.7 Å². The van der Waals surface area contributed by atoms with Crippen molar-refractivity contribution in [3.8, 4) is 0 Å². The second-order valence-corrected chi connectivity index (χ2v) is 8.92. The summed E-state index contributed by atoms with van der Waals surface area (Å²) in [5, 5.41) is 11.2. The zero-order valence-electron chi connectivity index (χ0n) is 20.8. The predicted octanol–water partition coefficient (Wildman–Crippen LogP) is 4.63. The Morgan fingerprint density at radius 2 is 1.84 bits per heavy atom. The lowest BCUT2D eigenvalue weighted by Crippen LogP contribution is -2.45. The summed E-state index contributed by atoms with van der Waals surface area (Å²) in [6.45, 7) is 5.82. The molecular formula is C28H27N5O4. The summed E-state index contributed by atoms with van der Waals surface area (Å²) in [4.78, 5) is 29.2. The highest BCUT2D eigenvalue weighted by molar-refractivity contribution is 6.01. The molecule has 0 saturated carbocycles. The Kier molecular flexibility index (Phi) is 6.59. The first kappa shape index (κ1) is 24.1. The van der Waals surface area contributed by atoms with Gasteiger partial charge in [0.1, 0.15) is 29.3 Å². The minimum absolute atomic E-state index is 0.116. The number of para-hydroxylation sites is 1. The molecule has 2 aromatic carbocycles. The monoisotopic (exact) mass is 497 g/mol. The average Bonchev–Trinajstić information content (AvgIpc) is 3.65. The number of hydrogen-bond donors (Lipinski definition) is 1. The number of carbonyl (C=O) groups is 2. The van der Waals surface area contributed by atoms with Crippen molar-refractivity contribution in [1.29, 1.82) is 0 Å². The van der Waals surface area contributed by atoms with Crippen LogP contribution in [0.25, 0.3) is 11.0 Å². The molecular weight excluding hydrogens is 470 g/mol. The van der Waals surface area contributed by atoms with Crippen molar-refractivity contribution < 1.29 is 18.4 Å². The molecule has 0 aliphatic carbocycles. The summed E-state index contributed by atoms with van der Waals surface area (Å²) < 4.78 is 12.8. The standard InChI is InChI=1S/C28H27N5O4/c1-18-10-12-21(15-19(18)2)33(26(34)17-32-24-9-5-4-8-23(24)30-31-32)27(25-13-11-20(3)37-25)28(35)29-16-22-7-6-14-36-22/h4-15,27H,16-17H2,1-3H3,(H,29,35). The Morgan fingerprint density at radius 3 is 2.57 bits per heavy atom. The summed E-state index contributed by atoms with van der Waals surface area (Å²) in [5.74, 6) is 0.839. The van der Waals surface area contributed by atoms with Gasteiger partial charge in [0.25, 0.3) is 5.91 Å². The summed E-state index contributed by atoms with van der Waals surface area (Å²) in [6, 6.07) is 19.0. The average molecular weight is 498 g/mol. The number of furan rings is 2. The molecule has 188 valence electrons. The maximum absolute atomic E-state index is 14.0. The minimum Gasteiger partial charge on any atom is -0.467 e. The molecule has 0 aliphatic rings. The second-order valence-electron chi connectivity index (χ2n) is 8.92. The number of anilines is 1. The number of nitrogens with one attached hydrogen (secondary N) is 1. The van der Waals surface area contributed by atoms with Crippen LogP contribution in [0.5, 0.6) is 0 Å². The van der Waals surface area contributed by atoms with E-state index in [0.717, 1.165) is 16.6 Å². The van der Waals surface area contributed by atoms with E-state index in [0.29, 0.717) is 28.5 Å². The van der Waals surface area contributed by atoms with E-state index in [-0.39, 0.29) is 19.0 Å². The number of rotatable bonds is 8. The zero-order chi connectivity index (χ0) is 25.9. The second kappa shape index (κ2) is 10.1. The Labute approximate surface area is 213 Å². The number of aromatic nitrogens is 3. The Hall–Kier alpha value is -4.66. The maximum atomic E-state index is 14.0. The largest absolute Gasteiger partial charge is 0.467 e. The van der Waals surface area contributed by atoms with Crippen LogP contribution in [-0.4, -0.2) is 26.8 Å². The summed E-state index contributed by atoms with van der Waals surface area (Å²) in [7, 11) is 0. The van der Waals surface area contributed by atoms with Crippen molar-refractivity contribution in [2.24, 2.45) is 0 Å². The molecule has 1 N–H and O–H groups in total. The molecule has 0 spiro atoms. The van der Waals surface area contributed by atoms with Gasteiger partial charge in [0.15, 0.2) is 6.04 Å². The first-order valence-electron chi connectivity index (χ1n) is 11.9. The Balaban J connectivity index is 1.56. The SMILES string of the molecule is Cc1ccc(C(C(=O)NCc2ccco2)N(C(=O)Cn2nnc3ccccc32)c2ccc(C)c(C)c2)o1. The first-order valence-corrected chi connectivity index (χ1v) is 11.9. The summed E-state index contributed by atoms with van der Waals surface area (Å²) in [5.41, 5.74) is 4.05. The molecule has 5 rings (SSSR count). The molecule has 1 unspecified atom stereocenters. The van der Waals surface area contributed by atoms with E-state index >= 15 is 0 Å². The number of nitrogens with zero attached hydrogens (tertiary/aromatic N) is 4. The van der Waals surface area contributed by atoms with Gasteiger partial charge in [-0.3, -0.25) is 14.5 Å². The lowest BCUT2D eigenvalue weighted by molar-refractivity contribution is -0.127. The van der Waals surface area contributed by atoms with Crippen LogP contribution < -0.4 is 10.2 Å². The van der Waals surface area contributed by atoms with Crippen LogP contribution >= 0.6 is 0 Å². The van der Waals surface area contributed by atoms with Gasteiger partial charge in [0, 0.05) is 5.69 Å². The quantitative estimate of drug-likeness (QED) is 0.335. The Morgan fingerprint density at radius 1 is 1.00 bits per heavy atom. The molecule has 37 heavy (non-hydrogen) atoms. The molecule has 0 bridgehead atoms. The van der Waals surface area contributed by atoms with E-state index in [2.05, 4.69) is 15.6 Å². The van der Waals surface area contributed by atoms with E-state index in [4.69, 9.17) is 8.83 Å². The minimum atomic E-state index is -1.06. The van der Waals surface area contributed by atoms with Crippen molar-refractivity contribution >= 4 is 28.5 Å². The first-order chi connectivity index (χ1) is 17.9. The van der Waals surface area contributed by atoms with Crippen LogP contribution in [0, 0.1) is 20.8 Å². The van der Waals surface area contributed by atoms with Gasteiger partial charge in [-0.05, 0) is 80.4 Å². The summed E-state index contributed by atoms with van der Waals surface area (Å²) in [6.07, 6.45) is 1.54. The van der Waals surface area contributed by atoms with Gasteiger partial charge in [0.05, 0.1) is 18.3 Å². The van der Waals surface area contributed by atoms with Gasteiger partial charge < -0.3 is 14.2 Å². The maximum Gasteiger partial charge on any atom is 0.251 e. The molecule has 5 aromatic rings. The summed E-state index contributed by atoms with van der Waals surface area (Å²) >= 11 is 0. The van der Waals surface area contributed by atoms with Crippen LogP contribution in [0.3, 0.4) is 0 Å². The zero-order valence-corrected chi connectivity index (χ0v) is 20.8. The van der Waals surface area contributed by atoms with Crippen molar-refractivity contribution in [3.05, 3.63) is 101 Å². The van der Waals surface area contributed by atoms with Crippen molar-refractivity contribution in [1.82, 2.24) is 20.3 Å². The fourth-order valence-corrected chi connectivity index (χ4v) is 4.21. The lowest BCUT2D eigenvalue weighted by Gasteiger charge is -2.30. The van der Waals surface area contributed by atoms with Crippen LogP contribution in [0.1, 0.15) is 34.4 Å². The van der Waals surface area contributed by atoms with Gasteiger partial charge in [-0.2, -0.15) is 0 Å². The van der Waals surface area contributed by atoms with Crippen molar-refractivity contribution in [2.45, 2.75) is 39.9 Å². The number of carbonyl (C=O) groups excluding carboxylic acids is 2. The third kappa shape index (κ3) is 5.02. The van der Waals surface area contributed by atoms with Crippen LogP contribution in [0.15, 0.2) is 81.8 Å². The fourth-order valence-electron chi connectivity index (χ4n) is 4.21. The molecule has 3 heterocycles. The third-order valence-electron chi connectivity index (χ3n) is 6.30. The fraction of sp³-hybridized carbons (Fsp3) is 0.214. The van der Waals surface area contributed by atoms with Crippen LogP contribution in [0.4, 0.5) is 5.69 Å². The van der Waals surface area contributed by atoms with Gasteiger partial charge in [0.2, 0.25) is 5.91 Å². The van der Waals surface area contributed by atoms with E-state index in [1.165, 1.54) is 9.58 Å². The lowest BCUT2D eigenvalue weighted by atomic mass is 10.1. The van der Waals surface area contributed by atoms with E-state index in [1.54, 1.807) is 37.5 Å². The Bertz CT molecular complexity index is 1550. The molecule has 0 aliphatic heterocycles. The van der Waals surface area contributed by atoms with Crippen molar-refractivity contribution in [3.63, 3.8) is 0 Å². The van der Waals surface area contributed by atoms with E-state index in [1.807, 2.05) is 56.3 Å². The van der Waals surface area contributed by atoms with Gasteiger partial charge in [-0.15, -0.1) is 5.10 Å². The molecule has 9 heteroatoms. The number of aryl methyl sites for hydroxylation is 3. The van der Waals surface area contributed by atoms with Gasteiger partial charge >= 0.3 is 0 Å². The molecule has 2 amide bonds. The van der Waals surface area contributed by atoms with Crippen molar-refractivity contribution in [2.75, 3.05) is 4.90 Å². The smallest absolute Gasteiger partial charge is 0.251 e. The van der Waals surface area contributed by atoms with Gasteiger partial charge in [-0.25, -0.2) is 4.68 Å². The predicted molar refractivity (Wildman–Crippen MR) is 138 cm³/mol. The van der Waals surface area contributed by atoms with E-state index < -0.39 is 11.9 Å². The number of hydrogen-bond acceptors (Lipinski definition) is 6. The number of fused-ring (bicyclic) bond motifs is 1. The number of amides is 2.